The van der Waals surface area contributed by atoms with Crippen LogP contribution in [0.5, 0.6) is 0 Å². The summed E-state index contributed by atoms with van der Waals surface area (Å²) in [6.07, 6.45) is 1.98. The number of aromatic nitrogens is 2. The van der Waals surface area contributed by atoms with Gasteiger partial charge in [-0.3, -0.25) is 4.68 Å². The lowest BCUT2D eigenvalue weighted by atomic mass is 10.3. The second-order valence-corrected chi connectivity index (χ2v) is 3.08. The Hall–Kier alpha value is -1.03. The third kappa shape index (κ3) is 1.43. The second-order valence-electron chi connectivity index (χ2n) is 3.08. The summed E-state index contributed by atoms with van der Waals surface area (Å²) in [6, 6.07) is 2.06. The zero-order valence-corrected chi connectivity index (χ0v) is 7.32. The molecule has 0 amide bonds. The van der Waals surface area contributed by atoms with Crippen LogP contribution in [0, 0.1) is 0 Å². The van der Waals surface area contributed by atoms with Crippen LogP contribution in [0.4, 0.5) is 5.82 Å². The number of anilines is 1. The molecule has 2 heterocycles. The third-order valence-corrected chi connectivity index (χ3v) is 2.14. The van der Waals surface area contributed by atoms with E-state index < -0.39 is 0 Å². The highest BCUT2D eigenvalue weighted by Crippen LogP contribution is 2.09. The molecule has 0 atom stereocenters. The summed E-state index contributed by atoms with van der Waals surface area (Å²) in [4.78, 5) is 2.30. The second kappa shape index (κ2) is 3.15. The average molecular weight is 166 g/mol. The van der Waals surface area contributed by atoms with E-state index in [1.165, 1.54) is 0 Å². The molecule has 1 N–H and O–H groups in total. The molecule has 1 saturated heterocycles. The summed E-state index contributed by atoms with van der Waals surface area (Å²) in [5.41, 5.74) is 0. The lowest BCUT2D eigenvalue weighted by Gasteiger charge is -2.26. The van der Waals surface area contributed by atoms with E-state index in [0.29, 0.717) is 0 Å². The first-order valence-corrected chi connectivity index (χ1v) is 4.31. The predicted octanol–water partition coefficient (Wildman–Crippen LogP) is -0.170. The fraction of sp³-hybridized carbons (Fsp3) is 0.625. The Morgan fingerprint density at radius 2 is 2.17 bits per heavy atom. The van der Waals surface area contributed by atoms with Crippen LogP contribution in [0.2, 0.25) is 0 Å². The molecule has 0 unspecified atom stereocenters. The van der Waals surface area contributed by atoms with Crippen molar-refractivity contribution >= 4 is 5.82 Å². The monoisotopic (exact) mass is 166 g/mol. The third-order valence-electron chi connectivity index (χ3n) is 2.14. The molecular formula is C8H14N4. The quantitative estimate of drug-likeness (QED) is 0.629. The van der Waals surface area contributed by atoms with Gasteiger partial charge in [0, 0.05) is 45.5 Å². The van der Waals surface area contributed by atoms with Gasteiger partial charge in [0.2, 0.25) is 0 Å². The van der Waals surface area contributed by atoms with E-state index in [0.717, 1.165) is 32.0 Å². The zero-order chi connectivity index (χ0) is 8.39. The van der Waals surface area contributed by atoms with E-state index in [4.69, 9.17) is 0 Å². The molecule has 0 saturated carbocycles. The Labute approximate surface area is 72.2 Å². The van der Waals surface area contributed by atoms with Gasteiger partial charge in [-0.05, 0) is 0 Å². The minimum Gasteiger partial charge on any atom is -0.353 e. The van der Waals surface area contributed by atoms with Crippen molar-refractivity contribution in [2.75, 3.05) is 31.1 Å². The maximum absolute atomic E-state index is 4.35. The van der Waals surface area contributed by atoms with Gasteiger partial charge in [0.05, 0.1) is 0 Å². The number of aryl methyl sites for hydroxylation is 1. The predicted molar refractivity (Wildman–Crippen MR) is 48.3 cm³/mol. The van der Waals surface area contributed by atoms with Crippen molar-refractivity contribution in [3.63, 3.8) is 0 Å². The van der Waals surface area contributed by atoms with Crippen LogP contribution in [0.15, 0.2) is 12.3 Å². The first kappa shape index (κ1) is 7.61. The van der Waals surface area contributed by atoms with Gasteiger partial charge in [-0.1, -0.05) is 0 Å². The fourth-order valence-electron chi connectivity index (χ4n) is 1.47. The van der Waals surface area contributed by atoms with Crippen molar-refractivity contribution in [2.45, 2.75) is 0 Å². The summed E-state index contributed by atoms with van der Waals surface area (Å²) in [5.74, 6) is 1.10. The Kier molecular flexibility index (Phi) is 1.99. The first-order valence-electron chi connectivity index (χ1n) is 4.31. The molecule has 1 aromatic rings. The minimum absolute atomic E-state index is 1.07. The lowest BCUT2D eigenvalue weighted by Crippen LogP contribution is -2.43. The molecule has 1 aromatic heterocycles. The molecular weight excluding hydrogens is 152 g/mol. The smallest absolute Gasteiger partial charge is 0.150 e. The van der Waals surface area contributed by atoms with Gasteiger partial charge < -0.3 is 10.2 Å². The lowest BCUT2D eigenvalue weighted by molar-refractivity contribution is 0.581. The van der Waals surface area contributed by atoms with Crippen LogP contribution in [0.3, 0.4) is 0 Å². The van der Waals surface area contributed by atoms with Gasteiger partial charge in [0.25, 0.3) is 0 Å². The number of nitrogens with one attached hydrogen (secondary N) is 1. The van der Waals surface area contributed by atoms with E-state index >= 15 is 0 Å². The molecule has 4 heteroatoms. The van der Waals surface area contributed by atoms with Gasteiger partial charge in [0.15, 0.2) is 5.82 Å². The Morgan fingerprint density at radius 1 is 1.42 bits per heavy atom. The summed E-state index contributed by atoms with van der Waals surface area (Å²) >= 11 is 0. The standard InChI is InChI=1S/C8H14N4/c1-11-5-2-8(10-11)12-6-3-9-4-7-12/h2,5,9H,3-4,6-7H2,1H3. The van der Waals surface area contributed by atoms with Gasteiger partial charge in [-0.25, -0.2) is 0 Å². The van der Waals surface area contributed by atoms with Crippen LogP contribution in [0.25, 0.3) is 0 Å². The molecule has 1 aliphatic heterocycles. The van der Waals surface area contributed by atoms with Crippen molar-refractivity contribution in [3.8, 4) is 0 Å². The summed E-state index contributed by atoms with van der Waals surface area (Å²) in [7, 11) is 1.95. The van der Waals surface area contributed by atoms with Gasteiger partial charge in [-0.2, -0.15) is 5.10 Å². The molecule has 0 aromatic carbocycles. The molecule has 2 rings (SSSR count). The molecule has 1 fully saturated rings. The highest BCUT2D eigenvalue weighted by Gasteiger charge is 2.11. The molecule has 0 radical (unpaired) electrons. The molecule has 66 valence electrons. The van der Waals surface area contributed by atoms with Gasteiger partial charge in [0.1, 0.15) is 0 Å². The van der Waals surface area contributed by atoms with Crippen molar-refractivity contribution < 1.29 is 0 Å². The van der Waals surface area contributed by atoms with Crippen LogP contribution >= 0.6 is 0 Å². The highest BCUT2D eigenvalue weighted by molar-refractivity contribution is 5.37. The van der Waals surface area contributed by atoms with E-state index in [-0.39, 0.29) is 0 Å². The van der Waals surface area contributed by atoms with Crippen LogP contribution in [-0.4, -0.2) is 36.0 Å². The summed E-state index contributed by atoms with van der Waals surface area (Å²) in [6.45, 7) is 4.27. The van der Waals surface area contributed by atoms with Gasteiger partial charge in [-0.15, -0.1) is 0 Å². The maximum Gasteiger partial charge on any atom is 0.150 e. The van der Waals surface area contributed by atoms with Crippen LogP contribution in [0.1, 0.15) is 0 Å². The molecule has 1 aliphatic rings. The Bertz CT molecular complexity index is 249. The van der Waals surface area contributed by atoms with Crippen molar-refractivity contribution in [1.29, 1.82) is 0 Å². The molecule has 0 bridgehead atoms. The van der Waals surface area contributed by atoms with Crippen LogP contribution in [-0.2, 0) is 7.05 Å². The molecule has 0 spiro atoms. The van der Waals surface area contributed by atoms with Crippen molar-refractivity contribution in [2.24, 2.45) is 7.05 Å². The number of nitrogens with zero attached hydrogens (tertiary/aromatic N) is 3. The van der Waals surface area contributed by atoms with Crippen molar-refractivity contribution in [3.05, 3.63) is 12.3 Å². The van der Waals surface area contributed by atoms with Gasteiger partial charge >= 0.3 is 0 Å². The Morgan fingerprint density at radius 3 is 2.75 bits per heavy atom. The van der Waals surface area contributed by atoms with E-state index in [2.05, 4.69) is 21.4 Å². The largest absolute Gasteiger partial charge is 0.353 e. The Balaban J connectivity index is 2.08. The van der Waals surface area contributed by atoms with E-state index in [1.807, 2.05) is 17.9 Å². The summed E-state index contributed by atoms with van der Waals surface area (Å²) in [5, 5.41) is 7.66. The van der Waals surface area contributed by atoms with E-state index in [1.54, 1.807) is 0 Å². The minimum atomic E-state index is 1.07. The maximum atomic E-state index is 4.35. The number of hydrogen-bond acceptors (Lipinski definition) is 3. The summed E-state index contributed by atoms with van der Waals surface area (Å²) < 4.78 is 1.84. The highest BCUT2D eigenvalue weighted by atomic mass is 15.3. The number of rotatable bonds is 1. The zero-order valence-electron chi connectivity index (χ0n) is 7.32. The van der Waals surface area contributed by atoms with Crippen molar-refractivity contribution in [1.82, 2.24) is 15.1 Å². The number of hydrogen-bond donors (Lipinski definition) is 1. The fourth-order valence-corrected chi connectivity index (χ4v) is 1.47. The SMILES string of the molecule is Cn1ccc(N2CCNCC2)n1. The normalized spacial score (nSPS) is 18.2. The molecule has 0 aliphatic carbocycles. The topological polar surface area (TPSA) is 33.1 Å². The molecule has 4 nitrogen and oxygen atoms in total. The molecule has 12 heavy (non-hydrogen) atoms. The average Bonchev–Trinajstić information content (AvgIpc) is 2.54. The van der Waals surface area contributed by atoms with E-state index in [9.17, 15) is 0 Å². The van der Waals surface area contributed by atoms with Crippen LogP contribution < -0.4 is 10.2 Å². The first-order chi connectivity index (χ1) is 5.86. The number of piperazine rings is 1.